The fourth-order valence-corrected chi connectivity index (χ4v) is 2.63. The highest BCUT2D eigenvalue weighted by Gasteiger charge is 2.09. The average molecular weight is 404 g/mol. The third kappa shape index (κ3) is 8.16. The van der Waals surface area contributed by atoms with Crippen LogP contribution in [0.25, 0.3) is 0 Å². The molecule has 0 aromatic heterocycles. The van der Waals surface area contributed by atoms with E-state index in [9.17, 15) is 13.6 Å². The molecule has 0 fully saturated rings. The number of aliphatic imine (C=N–C) groups is 1. The molecule has 2 rings (SSSR count). The minimum Gasteiger partial charge on any atom is -0.434 e. The van der Waals surface area contributed by atoms with Gasteiger partial charge in [0.25, 0.3) is 0 Å². The van der Waals surface area contributed by atoms with E-state index in [4.69, 9.17) is 0 Å². The number of carbonyl (C=O) groups is 1. The van der Waals surface area contributed by atoms with Gasteiger partial charge in [0.2, 0.25) is 5.91 Å². The summed E-state index contributed by atoms with van der Waals surface area (Å²) in [5.74, 6) is 0.613. The van der Waals surface area contributed by atoms with E-state index < -0.39 is 6.61 Å². The lowest BCUT2D eigenvalue weighted by Crippen LogP contribution is -2.38. The van der Waals surface area contributed by atoms with E-state index in [1.165, 1.54) is 13.0 Å². The number of nitrogens with one attached hydrogen (secondary N) is 3. The lowest BCUT2D eigenvalue weighted by molar-refractivity contribution is -0.114. The first-order chi connectivity index (χ1) is 14.0. The van der Waals surface area contributed by atoms with Crippen LogP contribution in [0.5, 0.6) is 5.75 Å². The second-order valence-corrected chi connectivity index (χ2v) is 6.24. The number of alkyl halides is 2. The number of hydrogen-bond donors (Lipinski definition) is 3. The van der Waals surface area contributed by atoms with Crippen molar-refractivity contribution in [1.82, 2.24) is 10.6 Å². The summed E-state index contributed by atoms with van der Waals surface area (Å²) in [7, 11) is 0. The zero-order valence-corrected chi connectivity index (χ0v) is 16.5. The van der Waals surface area contributed by atoms with E-state index in [-0.39, 0.29) is 18.2 Å². The van der Waals surface area contributed by atoms with Crippen LogP contribution >= 0.6 is 0 Å². The zero-order valence-electron chi connectivity index (χ0n) is 16.5. The van der Waals surface area contributed by atoms with Gasteiger partial charge in [0.05, 0.1) is 6.54 Å². The predicted molar refractivity (Wildman–Crippen MR) is 110 cm³/mol. The number of anilines is 1. The van der Waals surface area contributed by atoms with Gasteiger partial charge in [0, 0.05) is 31.3 Å². The molecule has 0 spiro atoms. The minimum atomic E-state index is -2.87. The van der Waals surface area contributed by atoms with Crippen molar-refractivity contribution in [1.29, 1.82) is 0 Å². The maximum absolute atomic E-state index is 12.5. The van der Waals surface area contributed by atoms with Crippen molar-refractivity contribution < 1.29 is 18.3 Å². The normalized spacial score (nSPS) is 11.3. The van der Waals surface area contributed by atoms with Crippen LogP contribution in [0.1, 0.15) is 25.0 Å². The molecule has 0 aliphatic heterocycles. The minimum absolute atomic E-state index is 0.105. The number of halogens is 2. The van der Waals surface area contributed by atoms with E-state index in [1.54, 1.807) is 18.2 Å². The topological polar surface area (TPSA) is 74.8 Å². The highest BCUT2D eigenvalue weighted by molar-refractivity contribution is 5.88. The lowest BCUT2D eigenvalue weighted by atomic mass is 10.1. The largest absolute Gasteiger partial charge is 0.434 e. The fraction of sp³-hybridized carbons (Fsp3) is 0.333. The molecule has 2 aromatic rings. The molecule has 8 heteroatoms. The Morgan fingerprint density at radius 3 is 2.48 bits per heavy atom. The fourth-order valence-electron chi connectivity index (χ4n) is 2.63. The first-order valence-electron chi connectivity index (χ1n) is 9.39. The number of benzene rings is 2. The Morgan fingerprint density at radius 1 is 1.10 bits per heavy atom. The monoisotopic (exact) mass is 404 g/mol. The van der Waals surface area contributed by atoms with Gasteiger partial charge in [-0.3, -0.25) is 4.79 Å². The molecular weight excluding hydrogens is 378 g/mol. The zero-order chi connectivity index (χ0) is 21.1. The molecule has 2 aromatic carbocycles. The van der Waals surface area contributed by atoms with E-state index >= 15 is 0 Å². The number of nitrogens with zero attached hydrogens (tertiary/aromatic N) is 1. The van der Waals surface area contributed by atoms with Crippen LogP contribution in [0.15, 0.2) is 53.5 Å². The maximum atomic E-state index is 12.5. The third-order valence-corrected chi connectivity index (χ3v) is 3.92. The standard InChI is InChI=1S/C21H26F2N4O2/c1-3-24-21(26-14-17-6-4-5-7-19(17)29-20(22)23)25-13-12-16-8-10-18(11-9-16)27-15(2)28/h4-11,20H,3,12-14H2,1-2H3,(H,27,28)(H2,24,25,26). The molecule has 0 radical (unpaired) electrons. The molecule has 6 nitrogen and oxygen atoms in total. The molecule has 29 heavy (non-hydrogen) atoms. The molecule has 0 bridgehead atoms. The van der Waals surface area contributed by atoms with Gasteiger partial charge in [-0.2, -0.15) is 8.78 Å². The highest BCUT2D eigenvalue weighted by Crippen LogP contribution is 2.20. The summed E-state index contributed by atoms with van der Waals surface area (Å²) in [6.45, 7) is 2.07. The number of guanidine groups is 1. The van der Waals surface area contributed by atoms with Crippen molar-refractivity contribution in [3.8, 4) is 5.75 Å². The first-order valence-corrected chi connectivity index (χ1v) is 9.39. The first kappa shape index (κ1) is 22.1. The van der Waals surface area contributed by atoms with Crippen molar-refractivity contribution in [2.75, 3.05) is 18.4 Å². The van der Waals surface area contributed by atoms with Crippen molar-refractivity contribution in [2.45, 2.75) is 33.4 Å². The van der Waals surface area contributed by atoms with Crippen molar-refractivity contribution >= 4 is 17.6 Å². The average Bonchev–Trinajstić information content (AvgIpc) is 2.67. The van der Waals surface area contributed by atoms with Crippen molar-refractivity contribution in [2.24, 2.45) is 4.99 Å². The van der Waals surface area contributed by atoms with E-state index in [1.807, 2.05) is 31.2 Å². The summed E-state index contributed by atoms with van der Waals surface area (Å²) in [6, 6.07) is 14.2. The Kier molecular flexibility index (Phi) is 8.88. The smallest absolute Gasteiger partial charge is 0.387 e. The van der Waals surface area contributed by atoms with Crippen LogP contribution in [0.3, 0.4) is 0 Å². The quantitative estimate of drug-likeness (QED) is 0.441. The molecule has 1 amide bonds. The summed E-state index contributed by atoms with van der Waals surface area (Å²) in [4.78, 5) is 15.5. The molecule has 0 aliphatic carbocycles. The number of carbonyl (C=O) groups excluding carboxylic acids is 1. The van der Waals surface area contributed by atoms with Crippen LogP contribution in [0.2, 0.25) is 0 Å². The second-order valence-electron chi connectivity index (χ2n) is 6.24. The van der Waals surface area contributed by atoms with Gasteiger partial charge in [-0.25, -0.2) is 4.99 Å². The summed E-state index contributed by atoms with van der Waals surface area (Å²) in [5.41, 5.74) is 2.45. The van der Waals surface area contributed by atoms with Crippen LogP contribution < -0.4 is 20.7 Å². The van der Waals surface area contributed by atoms with Gasteiger partial charge in [0.1, 0.15) is 5.75 Å². The molecule has 0 saturated heterocycles. The number of ether oxygens (including phenoxy) is 1. The summed E-state index contributed by atoms with van der Waals surface area (Å²) >= 11 is 0. The molecule has 3 N–H and O–H groups in total. The molecular formula is C21H26F2N4O2. The molecule has 0 aliphatic rings. The Balaban J connectivity index is 1.92. The number of amides is 1. The maximum Gasteiger partial charge on any atom is 0.387 e. The Hall–Kier alpha value is -3.16. The Morgan fingerprint density at radius 2 is 1.83 bits per heavy atom. The van der Waals surface area contributed by atoms with Gasteiger partial charge in [0.15, 0.2) is 5.96 Å². The number of hydrogen-bond acceptors (Lipinski definition) is 3. The van der Waals surface area contributed by atoms with E-state index in [0.717, 1.165) is 17.7 Å². The lowest BCUT2D eigenvalue weighted by Gasteiger charge is -2.13. The van der Waals surface area contributed by atoms with Gasteiger partial charge < -0.3 is 20.7 Å². The van der Waals surface area contributed by atoms with E-state index in [2.05, 4.69) is 25.7 Å². The number of para-hydroxylation sites is 1. The van der Waals surface area contributed by atoms with E-state index in [0.29, 0.717) is 24.6 Å². The SMILES string of the molecule is CCNC(=NCc1ccccc1OC(F)F)NCCc1ccc(NC(C)=O)cc1. The summed E-state index contributed by atoms with van der Waals surface area (Å²) < 4.78 is 29.6. The predicted octanol–water partition coefficient (Wildman–Crippen LogP) is 3.54. The van der Waals surface area contributed by atoms with Crippen LogP contribution in [0, 0.1) is 0 Å². The van der Waals surface area contributed by atoms with Gasteiger partial charge in [-0.05, 0) is 37.1 Å². The van der Waals surface area contributed by atoms with Crippen LogP contribution in [-0.4, -0.2) is 31.6 Å². The van der Waals surface area contributed by atoms with Crippen LogP contribution in [-0.2, 0) is 17.8 Å². The molecule has 0 atom stereocenters. The highest BCUT2D eigenvalue weighted by atomic mass is 19.3. The van der Waals surface area contributed by atoms with Crippen molar-refractivity contribution in [3.63, 3.8) is 0 Å². The van der Waals surface area contributed by atoms with Gasteiger partial charge >= 0.3 is 6.61 Å². The molecule has 156 valence electrons. The van der Waals surface area contributed by atoms with Gasteiger partial charge in [-0.1, -0.05) is 30.3 Å². The molecule has 0 heterocycles. The number of rotatable bonds is 9. The Labute approximate surface area is 169 Å². The third-order valence-electron chi connectivity index (χ3n) is 3.92. The summed E-state index contributed by atoms with van der Waals surface area (Å²) in [6.07, 6.45) is 0.760. The summed E-state index contributed by atoms with van der Waals surface area (Å²) in [5, 5.41) is 9.09. The van der Waals surface area contributed by atoms with Crippen LogP contribution in [0.4, 0.5) is 14.5 Å². The van der Waals surface area contributed by atoms with Gasteiger partial charge in [-0.15, -0.1) is 0 Å². The molecule has 0 unspecified atom stereocenters. The second kappa shape index (κ2) is 11.6. The Bertz CT molecular complexity index is 811. The van der Waals surface area contributed by atoms with Crippen molar-refractivity contribution in [3.05, 3.63) is 59.7 Å². The molecule has 0 saturated carbocycles.